The number of rotatable bonds is 3. The van der Waals surface area contributed by atoms with Gasteiger partial charge >= 0.3 is 0 Å². The number of aliphatic imine (C=N–C) groups is 2. The van der Waals surface area contributed by atoms with Crippen molar-refractivity contribution in [2.24, 2.45) is 17.0 Å². The van der Waals surface area contributed by atoms with Gasteiger partial charge in [-0.05, 0) is 57.9 Å². The Balaban J connectivity index is 2.49. The molecule has 0 unspecified atom stereocenters. The predicted molar refractivity (Wildman–Crippen MR) is 95.8 cm³/mol. The first-order chi connectivity index (χ1) is 10.8. The Bertz CT molecular complexity index is 822. The van der Waals surface area contributed by atoms with Crippen molar-refractivity contribution < 1.29 is 0 Å². The Kier molecular flexibility index (Phi) is 4.80. The van der Waals surface area contributed by atoms with Crippen molar-refractivity contribution >= 4 is 17.1 Å². The molecule has 2 rings (SSSR count). The minimum Gasteiger partial charge on any atom is -0.342 e. The molecule has 118 valence electrons. The molecule has 4 heteroatoms. The van der Waals surface area contributed by atoms with Gasteiger partial charge in [-0.3, -0.25) is 4.99 Å². The zero-order valence-corrected chi connectivity index (χ0v) is 14.6. The number of benzene rings is 1. The van der Waals surface area contributed by atoms with Gasteiger partial charge in [0.1, 0.15) is 0 Å². The number of nitriles is 1. The maximum absolute atomic E-state index is 8.71. The van der Waals surface area contributed by atoms with Gasteiger partial charge in [0.2, 0.25) is 6.19 Å². The van der Waals surface area contributed by atoms with Crippen molar-refractivity contribution in [3.63, 3.8) is 0 Å². The second-order valence-corrected chi connectivity index (χ2v) is 5.90. The molecule has 0 bridgehead atoms. The molecule has 0 N–H and O–H groups in total. The fourth-order valence-electron chi connectivity index (χ4n) is 2.94. The molecule has 0 aliphatic heterocycles. The number of hydrogen-bond donors (Lipinski definition) is 0. The van der Waals surface area contributed by atoms with E-state index in [1.807, 2.05) is 43.8 Å². The van der Waals surface area contributed by atoms with E-state index in [-0.39, 0.29) is 0 Å². The summed E-state index contributed by atoms with van der Waals surface area (Å²) in [4.78, 5) is 8.65. The number of aryl methyl sites for hydroxylation is 3. The average Bonchev–Trinajstić information content (AvgIpc) is 2.84. The molecule has 0 spiro atoms. The average molecular weight is 306 g/mol. The summed E-state index contributed by atoms with van der Waals surface area (Å²) >= 11 is 0. The SMILES string of the molecule is CC(=NC#N)c1ccc(C(C)=Nc2c(C)cc(C)cc2C)n1C. The highest BCUT2D eigenvalue weighted by Crippen LogP contribution is 2.26. The lowest BCUT2D eigenvalue weighted by Gasteiger charge is -2.10. The third-order valence-corrected chi connectivity index (χ3v) is 4.00. The molecule has 0 atom stereocenters. The summed E-state index contributed by atoms with van der Waals surface area (Å²) in [5, 5.41) is 8.71. The number of aromatic nitrogens is 1. The van der Waals surface area contributed by atoms with Crippen LogP contribution in [0.1, 0.15) is 41.9 Å². The highest BCUT2D eigenvalue weighted by Gasteiger charge is 2.11. The van der Waals surface area contributed by atoms with Crippen LogP contribution < -0.4 is 0 Å². The van der Waals surface area contributed by atoms with Crippen LogP contribution in [0.3, 0.4) is 0 Å². The van der Waals surface area contributed by atoms with Crippen LogP contribution in [0, 0.1) is 32.2 Å². The van der Waals surface area contributed by atoms with Crippen LogP contribution in [0.2, 0.25) is 0 Å². The molecule has 1 heterocycles. The number of hydrogen-bond acceptors (Lipinski definition) is 3. The number of nitrogens with zero attached hydrogens (tertiary/aromatic N) is 4. The Hall–Kier alpha value is -2.67. The molecule has 2 aromatic rings. The quantitative estimate of drug-likeness (QED) is 0.613. The summed E-state index contributed by atoms with van der Waals surface area (Å²) in [5.74, 6) is 0. The summed E-state index contributed by atoms with van der Waals surface area (Å²) in [5.41, 5.74) is 8.23. The first-order valence-electron chi connectivity index (χ1n) is 7.58. The summed E-state index contributed by atoms with van der Waals surface area (Å²) in [7, 11) is 1.97. The molecular formula is C19H22N4. The topological polar surface area (TPSA) is 53.4 Å². The maximum Gasteiger partial charge on any atom is 0.205 e. The highest BCUT2D eigenvalue weighted by molar-refractivity contribution is 6.03. The van der Waals surface area contributed by atoms with Crippen molar-refractivity contribution in [3.8, 4) is 6.19 Å². The Morgan fingerprint density at radius 1 is 1.00 bits per heavy atom. The molecule has 0 aliphatic rings. The van der Waals surface area contributed by atoms with Crippen LogP contribution in [0.5, 0.6) is 0 Å². The fourth-order valence-corrected chi connectivity index (χ4v) is 2.94. The van der Waals surface area contributed by atoms with E-state index in [0.717, 1.165) is 22.8 Å². The largest absolute Gasteiger partial charge is 0.342 e. The Morgan fingerprint density at radius 2 is 1.52 bits per heavy atom. The lowest BCUT2D eigenvalue weighted by atomic mass is 10.1. The monoisotopic (exact) mass is 306 g/mol. The highest BCUT2D eigenvalue weighted by atomic mass is 15.0. The fraction of sp³-hybridized carbons (Fsp3) is 0.316. The maximum atomic E-state index is 8.71. The smallest absolute Gasteiger partial charge is 0.205 e. The zero-order chi connectivity index (χ0) is 17.1. The molecule has 0 radical (unpaired) electrons. The van der Waals surface area contributed by atoms with E-state index in [1.54, 1.807) is 0 Å². The Labute approximate surface area is 137 Å². The molecule has 0 saturated heterocycles. The molecule has 0 fully saturated rings. The first-order valence-corrected chi connectivity index (χ1v) is 7.58. The van der Waals surface area contributed by atoms with Gasteiger partial charge in [0.25, 0.3) is 0 Å². The molecule has 0 saturated carbocycles. The van der Waals surface area contributed by atoms with Crippen molar-refractivity contribution in [2.45, 2.75) is 34.6 Å². The summed E-state index contributed by atoms with van der Waals surface area (Å²) < 4.78 is 2.02. The second-order valence-electron chi connectivity index (χ2n) is 5.90. The van der Waals surface area contributed by atoms with E-state index in [0.29, 0.717) is 5.71 Å². The third-order valence-electron chi connectivity index (χ3n) is 4.00. The normalized spacial score (nSPS) is 12.4. The van der Waals surface area contributed by atoms with Crippen LogP contribution in [-0.2, 0) is 7.05 Å². The standard InChI is InChI=1S/C19H22N4/c1-12-9-13(2)19(14(3)10-12)22-16(5)18-8-7-17(23(18)6)15(4)21-11-20/h7-10H,1-6H3. The van der Waals surface area contributed by atoms with Gasteiger partial charge in [0.05, 0.1) is 28.5 Å². The first kappa shape index (κ1) is 16.7. The van der Waals surface area contributed by atoms with Crippen LogP contribution >= 0.6 is 0 Å². The van der Waals surface area contributed by atoms with E-state index in [4.69, 9.17) is 10.3 Å². The van der Waals surface area contributed by atoms with Gasteiger partial charge in [-0.25, -0.2) is 0 Å². The third kappa shape index (κ3) is 3.40. The summed E-state index contributed by atoms with van der Waals surface area (Å²) in [6.45, 7) is 10.1. The summed E-state index contributed by atoms with van der Waals surface area (Å²) in [6.07, 6.45) is 1.84. The molecule has 23 heavy (non-hydrogen) atoms. The van der Waals surface area contributed by atoms with Gasteiger partial charge in [-0.15, -0.1) is 0 Å². The molecular weight excluding hydrogens is 284 g/mol. The van der Waals surface area contributed by atoms with E-state index in [1.165, 1.54) is 16.7 Å². The van der Waals surface area contributed by atoms with Gasteiger partial charge in [-0.2, -0.15) is 10.3 Å². The van der Waals surface area contributed by atoms with Crippen LogP contribution in [-0.4, -0.2) is 16.0 Å². The predicted octanol–water partition coefficient (Wildman–Crippen LogP) is 4.38. The van der Waals surface area contributed by atoms with E-state index >= 15 is 0 Å². The minimum atomic E-state index is 0.705. The van der Waals surface area contributed by atoms with Crippen molar-refractivity contribution in [1.29, 1.82) is 5.26 Å². The van der Waals surface area contributed by atoms with Crippen molar-refractivity contribution in [1.82, 2.24) is 4.57 Å². The van der Waals surface area contributed by atoms with Gasteiger partial charge in [-0.1, -0.05) is 17.7 Å². The van der Waals surface area contributed by atoms with Gasteiger partial charge in [0, 0.05) is 7.05 Å². The summed E-state index contributed by atoms with van der Waals surface area (Å²) in [6, 6.07) is 8.29. The lowest BCUT2D eigenvalue weighted by molar-refractivity contribution is 0.900. The van der Waals surface area contributed by atoms with Crippen LogP contribution in [0.4, 0.5) is 5.69 Å². The van der Waals surface area contributed by atoms with Crippen LogP contribution in [0.15, 0.2) is 34.3 Å². The molecule has 4 nitrogen and oxygen atoms in total. The molecule has 1 aromatic carbocycles. The van der Waals surface area contributed by atoms with E-state index in [2.05, 4.69) is 37.9 Å². The zero-order valence-electron chi connectivity index (χ0n) is 14.6. The van der Waals surface area contributed by atoms with Crippen LogP contribution in [0.25, 0.3) is 0 Å². The van der Waals surface area contributed by atoms with Crippen molar-refractivity contribution in [3.05, 3.63) is 52.3 Å². The molecule has 0 aliphatic carbocycles. The molecule has 1 aromatic heterocycles. The minimum absolute atomic E-state index is 0.705. The molecule has 0 amide bonds. The van der Waals surface area contributed by atoms with Gasteiger partial charge in [0.15, 0.2) is 0 Å². The lowest BCUT2D eigenvalue weighted by Crippen LogP contribution is -2.09. The second kappa shape index (κ2) is 6.62. The Morgan fingerprint density at radius 3 is 2.04 bits per heavy atom. The van der Waals surface area contributed by atoms with Gasteiger partial charge < -0.3 is 4.57 Å². The van der Waals surface area contributed by atoms with Crippen molar-refractivity contribution in [2.75, 3.05) is 0 Å². The van der Waals surface area contributed by atoms with E-state index in [9.17, 15) is 0 Å². The van der Waals surface area contributed by atoms with E-state index < -0.39 is 0 Å².